The van der Waals surface area contributed by atoms with Crippen molar-refractivity contribution in [2.45, 2.75) is 38.4 Å². The molecule has 0 aliphatic carbocycles. The first kappa shape index (κ1) is 15.2. The Morgan fingerprint density at radius 1 is 1.55 bits per heavy atom. The summed E-state index contributed by atoms with van der Waals surface area (Å²) in [5, 5.41) is 0. The summed E-state index contributed by atoms with van der Waals surface area (Å²) in [6.07, 6.45) is 2.75. The molecule has 0 N–H and O–H groups in total. The monoisotopic (exact) mass is 308 g/mol. The highest BCUT2D eigenvalue weighted by atomic mass is 19.1. The minimum absolute atomic E-state index is 0.00407. The maximum Gasteiger partial charge on any atom is 0.250 e. The highest BCUT2D eigenvalue weighted by molar-refractivity contribution is 5.79. The zero-order valence-corrected chi connectivity index (χ0v) is 12.9. The van der Waals surface area contributed by atoms with Crippen molar-refractivity contribution in [2.24, 2.45) is 5.92 Å². The molecule has 1 aromatic rings. The summed E-state index contributed by atoms with van der Waals surface area (Å²) < 4.78 is 25.2. The summed E-state index contributed by atoms with van der Waals surface area (Å²) in [5.41, 5.74) is -0.335. The number of hydrogen-bond donors (Lipinski definition) is 0. The molecule has 0 radical (unpaired) electrons. The van der Waals surface area contributed by atoms with E-state index in [2.05, 4.69) is 4.98 Å². The second-order valence-corrected chi connectivity index (χ2v) is 6.40. The molecule has 6 heteroatoms. The quantitative estimate of drug-likeness (QED) is 0.857. The topological polar surface area (TPSA) is 51.7 Å². The van der Waals surface area contributed by atoms with E-state index in [0.29, 0.717) is 32.5 Å². The lowest BCUT2D eigenvalue weighted by Gasteiger charge is -2.53. The molecular formula is C16H21FN2O3. The molecule has 1 aromatic heterocycles. The van der Waals surface area contributed by atoms with Gasteiger partial charge in [-0.05, 0) is 12.1 Å². The number of rotatable bonds is 3. The third kappa shape index (κ3) is 2.92. The first-order valence-corrected chi connectivity index (χ1v) is 7.69. The third-order valence-electron chi connectivity index (χ3n) is 4.21. The Kier molecular flexibility index (Phi) is 4.04. The first-order valence-electron chi connectivity index (χ1n) is 7.69. The highest BCUT2D eigenvalue weighted by Gasteiger charge is 2.50. The number of nitrogens with zero attached hydrogens (tertiary/aromatic N) is 2. The molecule has 120 valence electrons. The first-order chi connectivity index (χ1) is 10.5. The van der Waals surface area contributed by atoms with Crippen LogP contribution in [0.4, 0.5) is 4.39 Å². The maximum absolute atomic E-state index is 13.6. The smallest absolute Gasteiger partial charge is 0.250 e. The number of carbonyl (C=O) groups is 1. The van der Waals surface area contributed by atoms with E-state index in [1.165, 1.54) is 18.3 Å². The zero-order chi connectivity index (χ0) is 15.7. The van der Waals surface area contributed by atoms with Crippen molar-refractivity contribution in [2.75, 3.05) is 19.7 Å². The molecule has 22 heavy (non-hydrogen) atoms. The summed E-state index contributed by atoms with van der Waals surface area (Å²) in [5.74, 6) is -0.268. The standard InChI is InChI=1S/C16H21FN2O3/c1-11(2)15(20)19-9-16(10-19)8-12(5-7-21-16)22-14-13(17)4-3-6-18-14/h3-4,6,11-12H,5,7-10H2,1-2H3/t12-/m1/s1. The second kappa shape index (κ2) is 5.83. The summed E-state index contributed by atoms with van der Waals surface area (Å²) in [7, 11) is 0. The Hall–Kier alpha value is -1.69. The van der Waals surface area contributed by atoms with Crippen LogP contribution in [0, 0.1) is 11.7 Å². The molecular weight excluding hydrogens is 287 g/mol. The van der Waals surface area contributed by atoms with Gasteiger partial charge in [-0.2, -0.15) is 0 Å². The van der Waals surface area contributed by atoms with Gasteiger partial charge in [0.25, 0.3) is 5.88 Å². The van der Waals surface area contributed by atoms with Gasteiger partial charge in [-0.3, -0.25) is 4.79 Å². The minimum atomic E-state index is -0.451. The molecule has 0 bridgehead atoms. The molecule has 3 rings (SSSR count). The van der Waals surface area contributed by atoms with Crippen LogP contribution in [-0.2, 0) is 9.53 Å². The van der Waals surface area contributed by atoms with Crippen molar-refractivity contribution < 1.29 is 18.7 Å². The van der Waals surface area contributed by atoms with Gasteiger partial charge in [0.2, 0.25) is 5.91 Å². The van der Waals surface area contributed by atoms with Crippen LogP contribution in [0.25, 0.3) is 0 Å². The van der Waals surface area contributed by atoms with E-state index in [-0.39, 0.29) is 29.4 Å². The van der Waals surface area contributed by atoms with Crippen molar-refractivity contribution in [3.8, 4) is 5.88 Å². The lowest BCUT2D eigenvalue weighted by atomic mass is 9.84. The molecule has 2 aliphatic rings. The average molecular weight is 308 g/mol. The number of ether oxygens (including phenoxy) is 2. The van der Waals surface area contributed by atoms with Crippen molar-refractivity contribution in [1.82, 2.24) is 9.88 Å². The van der Waals surface area contributed by atoms with E-state index in [9.17, 15) is 9.18 Å². The van der Waals surface area contributed by atoms with Crippen LogP contribution in [0.15, 0.2) is 18.3 Å². The van der Waals surface area contributed by atoms with Gasteiger partial charge in [-0.15, -0.1) is 0 Å². The predicted octanol–water partition coefficient (Wildman–Crippen LogP) is 2.02. The fourth-order valence-electron chi connectivity index (χ4n) is 3.09. The Morgan fingerprint density at radius 2 is 2.32 bits per heavy atom. The third-order valence-corrected chi connectivity index (χ3v) is 4.21. The fraction of sp³-hybridized carbons (Fsp3) is 0.625. The van der Waals surface area contributed by atoms with Crippen molar-refractivity contribution in [3.63, 3.8) is 0 Å². The number of pyridine rings is 1. The maximum atomic E-state index is 13.6. The molecule has 0 aromatic carbocycles. The van der Waals surface area contributed by atoms with Gasteiger partial charge in [-0.1, -0.05) is 13.8 Å². The summed E-state index contributed by atoms with van der Waals surface area (Å²) in [6, 6.07) is 2.87. The molecule has 2 saturated heterocycles. The van der Waals surface area contributed by atoms with E-state index in [0.717, 1.165) is 0 Å². The Bertz CT molecular complexity index is 558. The van der Waals surface area contributed by atoms with E-state index in [4.69, 9.17) is 9.47 Å². The van der Waals surface area contributed by atoms with Gasteiger partial charge >= 0.3 is 0 Å². The number of aromatic nitrogens is 1. The van der Waals surface area contributed by atoms with E-state index in [1.807, 2.05) is 18.7 Å². The SMILES string of the molecule is CC(C)C(=O)N1CC2(C[C@H](Oc3ncccc3F)CCO2)C1. The second-order valence-electron chi connectivity index (χ2n) is 6.40. The van der Waals surface area contributed by atoms with Gasteiger partial charge in [0, 0.05) is 25.0 Å². The van der Waals surface area contributed by atoms with E-state index < -0.39 is 5.82 Å². The molecule has 1 spiro atoms. The van der Waals surface area contributed by atoms with E-state index in [1.54, 1.807) is 0 Å². The normalized spacial score (nSPS) is 23.5. The summed E-state index contributed by atoms with van der Waals surface area (Å²) in [4.78, 5) is 17.7. The lowest BCUT2D eigenvalue weighted by Crippen LogP contribution is -2.68. The van der Waals surface area contributed by atoms with Crippen LogP contribution in [0.5, 0.6) is 5.88 Å². The van der Waals surface area contributed by atoms with Crippen LogP contribution < -0.4 is 4.74 Å². The van der Waals surface area contributed by atoms with Crippen LogP contribution >= 0.6 is 0 Å². The molecule has 5 nitrogen and oxygen atoms in total. The van der Waals surface area contributed by atoms with Crippen LogP contribution in [0.1, 0.15) is 26.7 Å². The van der Waals surface area contributed by atoms with Crippen LogP contribution in [0.2, 0.25) is 0 Å². The highest BCUT2D eigenvalue weighted by Crippen LogP contribution is 2.36. The number of halogens is 1. The predicted molar refractivity (Wildman–Crippen MR) is 77.9 cm³/mol. The summed E-state index contributed by atoms with van der Waals surface area (Å²) >= 11 is 0. The van der Waals surface area contributed by atoms with Crippen molar-refractivity contribution in [3.05, 3.63) is 24.1 Å². The largest absolute Gasteiger partial charge is 0.472 e. The van der Waals surface area contributed by atoms with Crippen LogP contribution in [0.3, 0.4) is 0 Å². The lowest BCUT2D eigenvalue weighted by molar-refractivity contribution is -0.195. The van der Waals surface area contributed by atoms with Gasteiger partial charge in [0.05, 0.1) is 19.7 Å². The zero-order valence-electron chi connectivity index (χ0n) is 12.9. The Morgan fingerprint density at radius 3 is 3.00 bits per heavy atom. The Labute approximate surface area is 129 Å². The molecule has 0 unspecified atom stereocenters. The fourth-order valence-corrected chi connectivity index (χ4v) is 3.09. The van der Waals surface area contributed by atoms with Gasteiger partial charge in [0.15, 0.2) is 5.82 Å². The van der Waals surface area contributed by atoms with Crippen molar-refractivity contribution >= 4 is 5.91 Å². The van der Waals surface area contributed by atoms with Crippen molar-refractivity contribution in [1.29, 1.82) is 0 Å². The van der Waals surface area contributed by atoms with E-state index >= 15 is 0 Å². The number of hydrogen-bond acceptors (Lipinski definition) is 4. The number of likely N-dealkylation sites (tertiary alicyclic amines) is 1. The van der Waals surface area contributed by atoms with Gasteiger partial charge < -0.3 is 14.4 Å². The number of carbonyl (C=O) groups excluding carboxylic acids is 1. The number of amides is 1. The molecule has 2 aliphatic heterocycles. The van der Waals surface area contributed by atoms with Crippen LogP contribution in [-0.4, -0.2) is 47.2 Å². The molecule has 1 atom stereocenters. The molecule has 1 amide bonds. The molecule has 0 saturated carbocycles. The molecule has 2 fully saturated rings. The summed E-state index contributed by atoms with van der Waals surface area (Å²) in [6.45, 7) is 5.53. The minimum Gasteiger partial charge on any atom is -0.472 e. The Balaban J connectivity index is 1.59. The molecule has 3 heterocycles. The average Bonchev–Trinajstić information content (AvgIpc) is 2.46. The van der Waals surface area contributed by atoms with Gasteiger partial charge in [0.1, 0.15) is 11.7 Å². The van der Waals surface area contributed by atoms with Gasteiger partial charge in [-0.25, -0.2) is 9.37 Å².